The molecule has 0 aliphatic rings. The Kier molecular flexibility index (Phi) is 3.17. The van der Waals surface area contributed by atoms with Gasteiger partial charge >= 0.3 is 0 Å². The zero-order valence-electron chi connectivity index (χ0n) is 10.5. The summed E-state index contributed by atoms with van der Waals surface area (Å²) in [6.45, 7) is 0.550. The van der Waals surface area contributed by atoms with Crippen molar-refractivity contribution in [3.8, 4) is 11.5 Å². The lowest BCUT2D eigenvalue weighted by Crippen LogP contribution is -1.95. The Hall–Kier alpha value is -2.32. The van der Waals surface area contributed by atoms with Gasteiger partial charge in [0.2, 0.25) is 0 Å². The van der Waals surface area contributed by atoms with Crippen molar-refractivity contribution in [3.05, 3.63) is 72.3 Å². The normalized spacial score (nSPS) is 10.6. The first-order valence-corrected chi connectivity index (χ1v) is 6.31. The number of rotatable bonds is 3. The van der Waals surface area contributed by atoms with E-state index < -0.39 is 0 Å². The molecule has 0 aliphatic carbocycles. The second kappa shape index (κ2) is 5.12. The van der Waals surface area contributed by atoms with E-state index in [1.807, 2.05) is 48.5 Å². The molecule has 0 fully saturated rings. The van der Waals surface area contributed by atoms with Gasteiger partial charge in [-0.05, 0) is 29.1 Å². The largest absolute Gasteiger partial charge is 0.457 e. The zero-order valence-corrected chi connectivity index (χ0v) is 10.5. The molecule has 0 spiro atoms. The Morgan fingerprint density at radius 2 is 1.53 bits per heavy atom. The van der Waals surface area contributed by atoms with E-state index >= 15 is 0 Å². The van der Waals surface area contributed by atoms with E-state index in [4.69, 9.17) is 10.5 Å². The van der Waals surface area contributed by atoms with Gasteiger partial charge in [0, 0.05) is 11.9 Å². The second-order valence-corrected chi connectivity index (χ2v) is 4.43. The highest BCUT2D eigenvalue weighted by Gasteiger charge is 2.02. The number of ether oxygens (including phenoxy) is 1. The highest BCUT2D eigenvalue weighted by atomic mass is 16.5. The molecule has 2 N–H and O–H groups in total. The van der Waals surface area contributed by atoms with Gasteiger partial charge < -0.3 is 10.5 Å². The maximum Gasteiger partial charge on any atom is 0.135 e. The quantitative estimate of drug-likeness (QED) is 0.758. The molecule has 0 aromatic heterocycles. The average Bonchev–Trinajstić information content (AvgIpc) is 2.48. The summed E-state index contributed by atoms with van der Waals surface area (Å²) in [4.78, 5) is 0. The molecule has 3 aromatic rings. The summed E-state index contributed by atoms with van der Waals surface area (Å²) >= 11 is 0. The van der Waals surface area contributed by atoms with E-state index in [1.165, 1.54) is 5.39 Å². The summed E-state index contributed by atoms with van der Waals surface area (Å²) < 4.78 is 5.95. The minimum absolute atomic E-state index is 0.550. The van der Waals surface area contributed by atoms with Crippen LogP contribution in [0.4, 0.5) is 0 Å². The number of hydrogen-bond donors (Lipinski definition) is 1. The molecule has 0 saturated carbocycles. The van der Waals surface area contributed by atoms with Crippen molar-refractivity contribution < 1.29 is 4.74 Å². The van der Waals surface area contributed by atoms with Crippen LogP contribution in [0.5, 0.6) is 11.5 Å². The van der Waals surface area contributed by atoms with Crippen LogP contribution in [0.15, 0.2) is 66.7 Å². The molecule has 0 unspecified atom stereocenters. The van der Waals surface area contributed by atoms with E-state index in [0.29, 0.717) is 6.54 Å². The van der Waals surface area contributed by atoms with Crippen LogP contribution in [-0.4, -0.2) is 0 Å². The topological polar surface area (TPSA) is 35.2 Å². The summed E-state index contributed by atoms with van der Waals surface area (Å²) in [6, 6.07) is 22.1. The first kappa shape index (κ1) is 11.8. The third kappa shape index (κ3) is 2.44. The minimum Gasteiger partial charge on any atom is -0.457 e. The zero-order chi connectivity index (χ0) is 13.1. The monoisotopic (exact) mass is 249 g/mol. The molecule has 0 bridgehead atoms. The van der Waals surface area contributed by atoms with Crippen LogP contribution in [0.25, 0.3) is 10.8 Å². The molecule has 2 nitrogen and oxygen atoms in total. The lowest BCUT2D eigenvalue weighted by molar-refractivity contribution is 0.488. The minimum atomic E-state index is 0.550. The van der Waals surface area contributed by atoms with Crippen molar-refractivity contribution in [2.45, 2.75) is 6.54 Å². The van der Waals surface area contributed by atoms with Crippen LogP contribution in [-0.2, 0) is 6.54 Å². The van der Waals surface area contributed by atoms with E-state index in [9.17, 15) is 0 Å². The van der Waals surface area contributed by atoms with Gasteiger partial charge in [-0.2, -0.15) is 0 Å². The second-order valence-electron chi connectivity index (χ2n) is 4.43. The average molecular weight is 249 g/mol. The Morgan fingerprint density at radius 1 is 0.789 bits per heavy atom. The van der Waals surface area contributed by atoms with Crippen molar-refractivity contribution in [1.82, 2.24) is 0 Å². The molecule has 2 heteroatoms. The van der Waals surface area contributed by atoms with E-state index in [-0.39, 0.29) is 0 Å². The van der Waals surface area contributed by atoms with E-state index in [1.54, 1.807) is 0 Å². The maximum absolute atomic E-state index is 5.95. The fourth-order valence-corrected chi connectivity index (χ4v) is 2.11. The molecule has 3 rings (SSSR count). The molecule has 19 heavy (non-hydrogen) atoms. The predicted molar refractivity (Wildman–Crippen MR) is 78.4 cm³/mol. The fraction of sp³-hybridized carbons (Fsp3) is 0.0588. The standard InChI is InChI=1S/C17H15NO/c18-12-13-8-10-15(11-9-13)19-17-7-3-5-14-4-1-2-6-16(14)17/h1-11H,12,18H2. The van der Waals surface area contributed by atoms with Crippen LogP contribution in [0, 0.1) is 0 Å². The maximum atomic E-state index is 5.95. The third-order valence-corrected chi connectivity index (χ3v) is 3.14. The molecule has 0 radical (unpaired) electrons. The van der Waals surface area contributed by atoms with Gasteiger partial charge in [-0.15, -0.1) is 0 Å². The van der Waals surface area contributed by atoms with E-state index in [0.717, 1.165) is 22.4 Å². The van der Waals surface area contributed by atoms with Gasteiger partial charge in [0.15, 0.2) is 0 Å². The number of nitrogens with two attached hydrogens (primary N) is 1. The van der Waals surface area contributed by atoms with Gasteiger partial charge in [0.1, 0.15) is 11.5 Å². The Balaban J connectivity index is 1.96. The van der Waals surface area contributed by atoms with E-state index in [2.05, 4.69) is 18.2 Å². The van der Waals surface area contributed by atoms with Crippen LogP contribution in [0.3, 0.4) is 0 Å². The SMILES string of the molecule is NCc1ccc(Oc2cccc3ccccc23)cc1. The van der Waals surface area contributed by atoms with Crippen LogP contribution in [0.2, 0.25) is 0 Å². The van der Waals surface area contributed by atoms with Crippen LogP contribution < -0.4 is 10.5 Å². The van der Waals surface area contributed by atoms with Crippen molar-refractivity contribution in [2.24, 2.45) is 5.73 Å². The van der Waals surface area contributed by atoms with Crippen molar-refractivity contribution in [2.75, 3.05) is 0 Å². The Labute approximate surface area is 112 Å². The van der Waals surface area contributed by atoms with Gasteiger partial charge in [0.05, 0.1) is 0 Å². The molecular weight excluding hydrogens is 234 g/mol. The molecular formula is C17H15NO. The van der Waals surface area contributed by atoms with Gasteiger partial charge in [-0.1, -0.05) is 48.5 Å². The van der Waals surface area contributed by atoms with Gasteiger partial charge in [-0.25, -0.2) is 0 Å². The summed E-state index contributed by atoms with van der Waals surface area (Å²) in [5.74, 6) is 1.70. The molecule has 94 valence electrons. The number of benzene rings is 3. The Morgan fingerprint density at radius 3 is 2.32 bits per heavy atom. The first-order chi connectivity index (χ1) is 9.36. The summed E-state index contributed by atoms with van der Waals surface area (Å²) in [5, 5.41) is 2.30. The van der Waals surface area contributed by atoms with Gasteiger partial charge in [0.25, 0.3) is 0 Å². The summed E-state index contributed by atoms with van der Waals surface area (Å²) in [6.07, 6.45) is 0. The predicted octanol–water partition coefficient (Wildman–Crippen LogP) is 4.09. The lowest BCUT2D eigenvalue weighted by Gasteiger charge is -2.09. The van der Waals surface area contributed by atoms with Crippen LogP contribution >= 0.6 is 0 Å². The molecule has 0 heterocycles. The molecule has 3 aromatic carbocycles. The van der Waals surface area contributed by atoms with Crippen molar-refractivity contribution >= 4 is 10.8 Å². The summed E-state index contributed by atoms with van der Waals surface area (Å²) in [5.41, 5.74) is 6.69. The van der Waals surface area contributed by atoms with Crippen molar-refractivity contribution in [3.63, 3.8) is 0 Å². The highest BCUT2D eigenvalue weighted by Crippen LogP contribution is 2.29. The highest BCUT2D eigenvalue weighted by molar-refractivity contribution is 5.88. The summed E-state index contributed by atoms with van der Waals surface area (Å²) in [7, 11) is 0. The molecule has 0 amide bonds. The molecule has 0 aliphatic heterocycles. The Bertz CT molecular complexity index is 684. The number of fused-ring (bicyclic) bond motifs is 1. The van der Waals surface area contributed by atoms with Crippen molar-refractivity contribution in [1.29, 1.82) is 0 Å². The smallest absolute Gasteiger partial charge is 0.135 e. The fourth-order valence-electron chi connectivity index (χ4n) is 2.11. The first-order valence-electron chi connectivity index (χ1n) is 6.31. The molecule has 0 atom stereocenters. The van der Waals surface area contributed by atoms with Crippen LogP contribution in [0.1, 0.15) is 5.56 Å². The molecule has 0 saturated heterocycles. The third-order valence-electron chi connectivity index (χ3n) is 3.14. The van der Waals surface area contributed by atoms with Gasteiger partial charge in [-0.3, -0.25) is 0 Å². The number of hydrogen-bond acceptors (Lipinski definition) is 2. The lowest BCUT2D eigenvalue weighted by atomic mass is 10.1.